The van der Waals surface area contributed by atoms with Gasteiger partial charge >= 0.3 is 0 Å². The lowest BCUT2D eigenvalue weighted by Crippen LogP contribution is -2.43. The van der Waals surface area contributed by atoms with Crippen LogP contribution < -0.4 is 4.74 Å². The maximum Gasteiger partial charge on any atom is 0.216 e. The average molecular weight is 351 g/mol. The van der Waals surface area contributed by atoms with E-state index in [9.17, 15) is 0 Å². The smallest absolute Gasteiger partial charge is 0.216 e. The van der Waals surface area contributed by atoms with Gasteiger partial charge in [0.15, 0.2) is 10.8 Å². The van der Waals surface area contributed by atoms with Crippen LogP contribution in [0.15, 0.2) is 17.4 Å². The Kier molecular flexibility index (Phi) is 4.07. The standard InChI is InChI=1S/C16H19ClN4OS/c1-23-15-18-9-11-12(17)8-13(19-14(11)20-15)22-10-16-4-2-6-21(16)7-3-5-16/h8-9H,2-7,10H2,1H3. The van der Waals surface area contributed by atoms with Crippen molar-refractivity contribution < 1.29 is 4.74 Å². The molecular weight excluding hydrogens is 332 g/mol. The molecule has 0 unspecified atom stereocenters. The van der Waals surface area contributed by atoms with Gasteiger partial charge in [0.2, 0.25) is 5.88 Å². The van der Waals surface area contributed by atoms with Crippen LogP contribution in [0.25, 0.3) is 11.0 Å². The van der Waals surface area contributed by atoms with E-state index in [-0.39, 0.29) is 5.54 Å². The Morgan fingerprint density at radius 1 is 1.30 bits per heavy atom. The Bertz CT molecular complexity index is 731. The second-order valence-electron chi connectivity index (χ2n) is 6.24. The zero-order chi connectivity index (χ0) is 15.9. The van der Waals surface area contributed by atoms with Gasteiger partial charge in [0.1, 0.15) is 6.61 Å². The first-order chi connectivity index (χ1) is 11.2. The SMILES string of the molecule is CSc1ncc2c(Cl)cc(OCC34CCCN3CCC4)nc2n1. The maximum atomic E-state index is 6.35. The number of rotatable bonds is 4. The van der Waals surface area contributed by atoms with E-state index in [0.29, 0.717) is 28.3 Å². The van der Waals surface area contributed by atoms with Crippen molar-refractivity contribution in [1.82, 2.24) is 19.9 Å². The molecule has 4 rings (SSSR count). The molecule has 0 radical (unpaired) electrons. The number of halogens is 1. The van der Waals surface area contributed by atoms with Gasteiger partial charge in [0, 0.05) is 12.3 Å². The fourth-order valence-corrected chi connectivity index (χ4v) is 4.34. The molecule has 2 aliphatic heterocycles. The lowest BCUT2D eigenvalue weighted by Gasteiger charge is -2.31. The van der Waals surface area contributed by atoms with Gasteiger partial charge in [-0.15, -0.1) is 0 Å². The Labute approximate surface area is 144 Å². The number of aromatic nitrogens is 3. The van der Waals surface area contributed by atoms with Crippen LogP contribution in [0, 0.1) is 0 Å². The molecule has 122 valence electrons. The monoisotopic (exact) mass is 350 g/mol. The minimum atomic E-state index is 0.208. The Hall–Kier alpha value is -1.11. The molecule has 23 heavy (non-hydrogen) atoms. The number of ether oxygens (including phenoxy) is 1. The van der Waals surface area contributed by atoms with Gasteiger partial charge in [-0.1, -0.05) is 23.4 Å². The molecule has 2 aromatic rings. The summed E-state index contributed by atoms with van der Waals surface area (Å²) >= 11 is 7.83. The Balaban J connectivity index is 1.59. The van der Waals surface area contributed by atoms with Gasteiger partial charge in [-0.2, -0.15) is 4.98 Å². The van der Waals surface area contributed by atoms with Gasteiger partial charge in [0.25, 0.3) is 0 Å². The number of nitrogens with zero attached hydrogens (tertiary/aromatic N) is 4. The normalized spacial score (nSPS) is 20.1. The van der Waals surface area contributed by atoms with Crippen molar-refractivity contribution in [2.45, 2.75) is 36.4 Å². The number of thioether (sulfide) groups is 1. The minimum Gasteiger partial charge on any atom is -0.476 e. The summed E-state index contributed by atoms with van der Waals surface area (Å²) in [5.41, 5.74) is 0.804. The molecule has 0 aliphatic carbocycles. The summed E-state index contributed by atoms with van der Waals surface area (Å²) in [6.45, 7) is 3.07. The molecule has 0 spiro atoms. The summed E-state index contributed by atoms with van der Waals surface area (Å²) in [5.74, 6) is 0.557. The molecule has 0 N–H and O–H groups in total. The summed E-state index contributed by atoms with van der Waals surface area (Å²) in [7, 11) is 0. The van der Waals surface area contributed by atoms with Gasteiger partial charge in [-0.05, 0) is 45.0 Å². The third-order valence-electron chi connectivity index (χ3n) is 4.95. The fourth-order valence-electron chi connectivity index (χ4n) is 3.78. The summed E-state index contributed by atoms with van der Waals surface area (Å²) < 4.78 is 6.05. The van der Waals surface area contributed by atoms with Crippen molar-refractivity contribution in [2.24, 2.45) is 0 Å². The Morgan fingerprint density at radius 2 is 2.09 bits per heavy atom. The predicted molar refractivity (Wildman–Crippen MR) is 92.4 cm³/mol. The number of hydrogen-bond acceptors (Lipinski definition) is 6. The summed E-state index contributed by atoms with van der Waals surface area (Å²) in [6, 6.07) is 1.77. The number of fused-ring (bicyclic) bond motifs is 2. The highest BCUT2D eigenvalue weighted by Gasteiger charge is 2.44. The van der Waals surface area contributed by atoms with Crippen LogP contribution in [0.2, 0.25) is 5.02 Å². The third-order valence-corrected chi connectivity index (χ3v) is 5.83. The first-order valence-electron chi connectivity index (χ1n) is 7.95. The summed E-state index contributed by atoms with van der Waals surface area (Å²) in [5, 5.41) is 2.04. The van der Waals surface area contributed by atoms with Crippen LogP contribution in [-0.2, 0) is 0 Å². The van der Waals surface area contributed by atoms with E-state index in [1.165, 1.54) is 50.5 Å². The van der Waals surface area contributed by atoms with Crippen molar-refractivity contribution >= 4 is 34.4 Å². The highest BCUT2D eigenvalue weighted by molar-refractivity contribution is 7.98. The molecular formula is C16H19ClN4OS. The molecule has 2 fully saturated rings. The molecule has 0 amide bonds. The topological polar surface area (TPSA) is 51.1 Å². The Morgan fingerprint density at radius 3 is 2.83 bits per heavy atom. The van der Waals surface area contributed by atoms with E-state index in [0.717, 1.165) is 5.39 Å². The maximum absolute atomic E-state index is 6.35. The van der Waals surface area contributed by atoms with Crippen LogP contribution in [-0.4, -0.2) is 51.3 Å². The molecule has 2 saturated heterocycles. The number of hydrogen-bond donors (Lipinski definition) is 0. The highest BCUT2D eigenvalue weighted by atomic mass is 35.5. The van der Waals surface area contributed by atoms with Crippen molar-refractivity contribution in [3.05, 3.63) is 17.3 Å². The summed E-state index contributed by atoms with van der Waals surface area (Å²) in [4.78, 5) is 15.8. The fraction of sp³-hybridized carbons (Fsp3) is 0.562. The lowest BCUT2D eigenvalue weighted by atomic mass is 9.95. The minimum absolute atomic E-state index is 0.208. The third kappa shape index (κ3) is 2.77. The van der Waals surface area contributed by atoms with Crippen LogP contribution in [0.5, 0.6) is 5.88 Å². The molecule has 2 aromatic heterocycles. The molecule has 4 heterocycles. The van der Waals surface area contributed by atoms with Crippen molar-refractivity contribution in [2.75, 3.05) is 26.0 Å². The first kappa shape index (κ1) is 15.4. The van der Waals surface area contributed by atoms with Crippen LogP contribution in [0.4, 0.5) is 0 Å². The van der Waals surface area contributed by atoms with E-state index in [2.05, 4.69) is 19.9 Å². The molecule has 0 atom stereocenters. The highest BCUT2D eigenvalue weighted by Crippen LogP contribution is 2.39. The van der Waals surface area contributed by atoms with Gasteiger partial charge in [0.05, 0.1) is 15.9 Å². The van der Waals surface area contributed by atoms with Gasteiger partial charge in [-0.3, -0.25) is 4.90 Å². The molecule has 0 bridgehead atoms. The second-order valence-corrected chi connectivity index (χ2v) is 7.42. The van der Waals surface area contributed by atoms with Crippen LogP contribution in [0.3, 0.4) is 0 Å². The van der Waals surface area contributed by atoms with Crippen molar-refractivity contribution in [3.63, 3.8) is 0 Å². The predicted octanol–water partition coefficient (Wildman–Crippen LogP) is 3.41. The second kappa shape index (κ2) is 6.07. The average Bonchev–Trinajstić information content (AvgIpc) is 3.12. The molecule has 0 saturated carbocycles. The van der Waals surface area contributed by atoms with E-state index in [1.54, 1.807) is 12.3 Å². The number of pyridine rings is 1. The first-order valence-corrected chi connectivity index (χ1v) is 9.56. The van der Waals surface area contributed by atoms with E-state index < -0.39 is 0 Å². The van der Waals surface area contributed by atoms with E-state index >= 15 is 0 Å². The largest absolute Gasteiger partial charge is 0.476 e. The summed E-state index contributed by atoms with van der Waals surface area (Å²) in [6.07, 6.45) is 8.62. The lowest BCUT2D eigenvalue weighted by molar-refractivity contribution is 0.111. The van der Waals surface area contributed by atoms with Crippen molar-refractivity contribution in [1.29, 1.82) is 0 Å². The van der Waals surface area contributed by atoms with E-state index in [1.807, 2.05) is 6.26 Å². The van der Waals surface area contributed by atoms with Gasteiger partial charge < -0.3 is 4.74 Å². The molecule has 5 nitrogen and oxygen atoms in total. The molecule has 0 aromatic carbocycles. The zero-order valence-corrected chi connectivity index (χ0v) is 14.7. The van der Waals surface area contributed by atoms with Crippen LogP contribution in [0.1, 0.15) is 25.7 Å². The van der Waals surface area contributed by atoms with Gasteiger partial charge in [-0.25, -0.2) is 9.97 Å². The van der Waals surface area contributed by atoms with Crippen LogP contribution >= 0.6 is 23.4 Å². The molecule has 7 heteroatoms. The molecule has 2 aliphatic rings. The quantitative estimate of drug-likeness (QED) is 0.622. The van der Waals surface area contributed by atoms with Crippen molar-refractivity contribution in [3.8, 4) is 5.88 Å². The van der Waals surface area contributed by atoms with E-state index in [4.69, 9.17) is 16.3 Å². The zero-order valence-electron chi connectivity index (χ0n) is 13.1.